The minimum atomic E-state index is -0.506. The number of ether oxygens (including phenoxy) is 2. The zero-order valence-corrected chi connectivity index (χ0v) is 13.5. The van der Waals surface area contributed by atoms with Crippen LogP contribution >= 0.6 is 0 Å². The lowest BCUT2D eigenvalue weighted by Crippen LogP contribution is -2.43. The van der Waals surface area contributed by atoms with Gasteiger partial charge in [-0.25, -0.2) is 0 Å². The van der Waals surface area contributed by atoms with E-state index in [1.54, 1.807) is 14.0 Å². The summed E-state index contributed by atoms with van der Waals surface area (Å²) >= 11 is 0. The maximum atomic E-state index is 12.6. The molecular formula is C19H21NO3. The van der Waals surface area contributed by atoms with Crippen LogP contribution in [0.1, 0.15) is 18.1 Å². The van der Waals surface area contributed by atoms with Crippen molar-refractivity contribution in [1.29, 1.82) is 0 Å². The Labute approximate surface area is 136 Å². The van der Waals surface area contributed by atoms with Gasteiger partial charge in [0.05, 0.1) is 7.11 Å². The minimum absolute atomic E-state index is 0.0234. The van der Waals surface area contributed by atoms with E-state index in [0.717, 1.165) is 18.7 Å². The van der Waals surface area contributed by atoms with E-state index in [0.29, 0.717) is 12.3 Å². The maximum Gasteiger partial charge on any atom is 0.263 e. The lowest BCUT2D eigenvalue weighted by molar-refractivity contribution is -0.138. The molecule has 23 heavy (non-hydrogen) atoms. The lowest BCUT2D eigenvalue weighted by atomic mass is 9.99. The van der Waals surface area contributed by atoms with Crippen molar-refractivity contribution in [2.24, 2.45) is 0 Å². The van der Waals surface area contributed by atoms with E-state index in [2.05, 4.69) is 12.1 Å². The van der Waals surface area contributed by atoms with E-state index >= 15 is 0 Å². The fourth-order valence-corrected chi connectivity index (χ4v) is 2.85. The summed E-state index contributed by atoms with van der Waals surface area (Å²) in [4.78, 5) is 14.5. The third-order valence-corrected chi connectivity index (χ3v) is 4.16. The molecule has 0 radical (unpaired) electrons. The zero-order valence-electron chi connectivity index (χ0n) is 13.5. The van der Waals surface area contributed by atoms with Gasteiger partial charge in [0.15, 0.2) is 6.10 Å². The third-order valence-electron chi connectivity index (χ3n) is 4.16. The second-order valence-corrected chi connectivity index (χ2v) is 5.71. The van der Waals surface area contributed by atoms with Gasteiger partial charge in [-0.05, 0) is 48.7 Å². The lowest BCUT2D eigenvalue weighted by Gasteiger charge is -2.31. The number of rotatable bonds is 4. The number of fused-ring (bicyclic) bond motifs is 1. The highest BCUT2D eigenvalue weighted by atomic mass is 16.5. The first kappa shape index (κ1) is 15.4. The van der Waals surface area contributed by atoms with E-state index in [4.69, 9.17) is 9.47 Å². The molecule has 0 saturated heterocycles. The average Bonchev–Trinajstić information content (AvgIpc) is 2.61. The molecule has 0 N–H and O–H groups in total. The van der Waals surface area contributed by atoms with Crippen LogP contribution in [0.5, 0.6) is 11.5 Å². The molecule has 0 bridgehead atoms. The van der Waals surface area contributed by atoms with Crippen molar-refractivity contribution in [3.8, 4) is 11.5 Å². The number of carbonyl (C=O) groups excluding carboxylic acids is 1. The molecule has 0 aromatic heterocycles. The summed E-state index contributed by atoms with van der Waals surface area (Å²) in [6.07, 6.45) is 0.394. The molecule has 1 heterocycles. The molecule has 1 aliphatic rings. The van der Waals surface area contributed by atoms with Gasteiger partial charge >= 0.3 is 0 Å². The summed E-state index contributed by atoms with van der Waals surface area (Å²) in [5.41, 5.74) is 2.56. The van der Waals surface area contributed by atoms with E-state index in [-0.39, 0.29) is 5.91 Å². The summed E-state index contributed by atoms with van der Waals surface area (Å²) in [5, 5.41) is 0. The number of benzene rings is 2. The summed E-state index contributed by atoms with van der Waals surface area (Å²) in [6, 6.07) is 15.6. The Hall–Kier alpha value is -2.49. The third kappa shape index (κ3) is 3.47. The summed E-state index contributed by atoms with van der Waals surface area (Å²) in [6.45, 7) is 3.20. The highest BCUT2D eigenvalue weighted by Crippen LogP contribution is 2.21. The van der Waals surface area contributed by atoms with Crippen LogP contribution in [-0.2, 0) is 17.8 Å². The molecule has 1 atom stereocenters. The predicted molar refractivity (Wildman–Crippen MR) is 88.6 cm³/mol. The van der Waals surface area contributed by atoms with E-state index in [9.17, 15) is 4.79 Å². The Morgan fingerprint density at radius 1 is 1.04 bits per heavy atom. The average molecular weight is 311 g/mol. The molecule has 120 valence electrons. The van der Waals surface area contributed by atoms with Crippen LogP contribution in [0.4, 0.5) is 0 Å². The first-order chi connectivity index (χ1) is 11.2. The van der Waals surface area contributed by atoms with Gasteiger partial charge in [0.1, 0.15) is 11.5 Å². The minimum Gasteiger partial charge on any atom is -0.497 e. The molecule has 3 rings (SSSR count). The first-order valence-corrected chi connectivity index (χ1v) is 7.83. The molecule has 0 unspecified atom stereocenters. The van der Waals surface area contributed by atoms with Crippen molar-refractivity contribution < 1.29 is 14.3 Å². The Balaban J connectivity index is 1.63. The summed E-state index contributed by atoms with van der Waals surface area (Å²) in [5.74, 6) is 1.46. The van der Waals surface area contributed by atoms with Gasteiger partial charge in [-0.15, -0.1) is 0 Å². The molecule has 1 aliphatic heterocycles. The van der Waals surface area contributed by atoms with E-state index in [1.807, 2.05) is 41.3 Å². The monoisotopic (exact) mass is 311 g/mol. The van der Waals surface area contributed by atoms with Crippen LogP contribution in [0, 0.1) is 0 Å². The van der Waals surface area contributed by atoms with Crippen molar-refractivity contribution in [1.82, 2.24) is 4.90 Å². The van der Waals surface area contributed by atoms with E-state index < -0.39 is 6.10 Å². The highest BCUT2D eigenvalue weighted by Gasteiger charge is 2.25. The molecule has 4 nitrogen and oxygen atoms in total. The second kappa shape index (κ2) is 6.73. The number of amides is 1. The van der Waals surface area contributed by atoms with Crippen LogP contribution in [0.15, 0.2) is 48.5 Å². The standard InChI is InChI=1S/C19H21NO3/c1-14(23-18-9-7-17(22-2)8-10-18)19(21)20-12-11-15-5-3-4-6-16(15)13-20/h3-10,14H,11-13H2,1-2H3/t14-/m0/s1. The Kier molecular flexibility index (Phi) is 4.51. The highest BCUT2D eigenvalue weighted by molar-refractivity contribution is 5.81. The molecule has 0 aliphatic carbocycles. The van der Waals surface area contributed by atoms with Crippen LogP contribution in [0.25, 0.3) is 0 Å². The van der Waals surface area contributed by atoms with Crippen molar-refractivity contribution in [2.75, 3.05) is 13.7 Å². The van der Waals surface area contributed by atoms with Gasteiger partial charge in [0, 0.05) is 13.1 Å². The Bertz CT molecular complexity index is 681. The van der Waals surface area contributed by atoms with E-state index in [1.165, 1.54) is 11.1 Å². The van der Waals surface area contributed by atoms with Gasteiger partial charge in [0.25, 0.3) is 5.91 Å². The van der Waals surface area contributed by atoms with Crippen LogP contribution < -0.4 is 9.47 Å². The van der Waals surface area contributed by atoms with Gasteiger partial charge in [-0.2, -0.15) is 0 Å². The Morgan fingerprint density at radius 3 is 2.39 bits per heavy atom. The molecule has 1 amide bonds. The molecule has 2 aromatic rings. The van der Waals surface area contributed by atoms with Crippen molar-refractivity contribution in [3.05, 3.63) is 59.7 Å². The summed E-state index contributed by atoms with van der Waals surface area (Å²) < 4.78 is 10.9. The van der Waals surface area contributed by atoms with Crippen molar-refractivity contribution in [3.63, 3.8) is 0 Å². The topological polar surface area (TPSA) is 38.8 Å². The first-order valence-electron chi connectivity index (χ1n) is 7.83. The predicted octanol–water partition coefficient (Wildman–Crippen LogP) is 3.05. The number of methoxy groups -OCH3 is 1. The quantitative estimate of drug-likeness (QED) is 0.871. The molecule has 0 fully saturated rings. The van der Waals surface area contributed by atoms with Crippen LogP contribution in [0.3, 0.4) is 0 Å². The molecule has 0 spiro atoms. The van der Waals surface area contributed by atoms with Crippen molar-refractivity contribution >= 4 is 5.91 Å². The van der Waals surface area contributed by atoms with Gasteiger partial charge < -0.3 is 14.4 Å². The van der Waals surface area contributed by atoms with Gasteiger partial charge in [-0.1, -0.05) is 24.3 Å². The zero-order chi connectivity index (χ0) is 16.2. The maximum absolute atomic E-state index is 12.6. The number of hydrogen-bond donors (Lipinski definition) is 0. The number of carbonyl (C=O) groups is 1. The molecule has 4 heteroatoms. The number of nitrogens with zero attached hydrogens (tertiary/aromatic N) is 1. The van der Waals surface area contributed by atoms with Crippen LogP contribution in [-0.4, -0.2) is 30.6 Å². The molecular weight excluding hydrogens is 290 g/mol. The summed E-state index contributed by atoms with van der Waals surface area (Å²) in [7, 11) is 1.62. The molecule has 0 saturated carbocycles. The van der Waals surface area contributed by atoms with Crippen LogP contribution in [0.2, 0.25) is 0 Å². The molecule has 2 aromatic carbocycles. The van der Waals surface area contributed by atoms with Gasteiger partial charge in [-0.3, -0.25) is 4.79 Å². The Morgan fingerprint density at radius 2 is 1.70 bits per heavy atom. The van der Waals surface area contributed by atoms with Gasteiger partial charge in [0.2, 0.25) is 0 Å². The van der Waals surface area contributed by atoms with Crippen molar-refractivity contribution in [2.45, 2.75) is 26.0 Å². The normalized spacial score (nSPS) is 14.8. The smallest absolute Gasteiger partial charge is 0.263 e. The second-order valence-electron chi connectivity index (χ2n) is 5.71. The fourth-order valence-electron chi connectivity index (χ4n) is 2.85. The fraction of sp³-hybridized carbons (Fsp3) is 0.316. The largest absolute Gasteiger partial charge is 0.497 e. The SMILES string of the molecule is COc1ccc(O[C@@H](C)C(=O)N2CCc3ccccc3C2)cc1. The number of hydrogen-bond acceptors (Lipinski definition) is 3.